The molecule has 1 N–H and O–H groups in total. The molecule has 0 spiro atoms. The molecule has 0 radical (unpaired) electrons. The summed E-state index contributed by atoms with van der Waals surface area (Å²) in [7, 11) is 0. The fourth-order valence-corrected chi connectivity index (χ4v) is 3.85. The second kappa shape index (κ2) is 4.42. The minimum absolute atomic E-state index is 0.816. The molecule has 15 heavy (non-hydrogen) atoms. The van der Waals surface area contributed by atoms with Crippen LogP contribution in [0, 0.1) is 5.92 Å². The molecule has 0 aromatic rings. The number of fused-ring (bicyclic) bond motifs is 1. The maximum absolute atomic E-state index is 3.88. The Morgan fingerprint density at radius 3 is 2.60 bits per heavy atom. The van der Waals surface area contributed by atoms with Crippen LogP contribution in [0.3, 0.4) is 0 Å². The average molecular weight is 208 g/mol. The Morgan fingerprint density at radius 1 is 1.00 bits per heavy atom. The zero-order valence-electron chi connectivity index (χ0n) is 9.75. The maximum Gasteiger partial charge on any atom is 0.0200 e. The lowest BCUT2D eigenvalue weighted by atomic mass is 9.85. The molecule has 3 unspecified atom stereocenters. The first kappa shape index (κ1) is 10.1. The summed E-state index contributed by atoms with van der Waals surface area (Å²) in [5.74, 6) is 1.02. The van der Waals surface area contributed by atoms with Crippen molar-refractivity contribution in [1.82, 2.24) is 10.2 Å². The largest absolute Gasteiger partial charge is 0.310 e. The standard InChI is InChI=1S/C13H24N2/c1-2-6-13-11(5-1)9-12(14-13)10-15-7-3-4-8-15/h11-14H,1-10H2. The molecule has 0 amide bonds. The Bertz CT molecular complexity index is 197. The van der Waals surface area contributed by atoms with Crippen LogP contribution in [0.15, 0.2) is 0 Å². The average Bonchev–Trinajstić information content (AvgIpc) is 2.86. The van der Waals surface area contributed by atoms with E-state index in [0.717, 1.165) is 18.0 Å². The Labute approximate surface area is 93.4 Å². The zero-order valence-corrected chi connectivity index (χ0v) is 9.75. The molecule has 1 aliphatic carbocycles. The third kappa shape index (κ3) is 2.21. The minimum Gasteiger partial charge on any atom is -0.310 e. The van der Waals surface area contributed by atoms with Crippen LogP contribution in [0.5, 0.6) is 0 Å². The van der Waals surface area contributed by atoms with Gasteiger partial charge in [0.15, 0.2) is 0 Å². The highest BCUT2D eigenvalue weighted by molar-refractivity contribution is 4.94. The van der Waals surface area contributed by atoms with Crippen molar-refractivity contribution in [2.75, 3.05) is 19.6 Å². The topological polar surface area (TPSA) is 15.3 Å². The number of rotatable bonds is 2. The summed E-state index contributed by atoms with van der Waals surface area (Å²) in [6.45, 7) is 4.04. The van der Waals surface area contributed by atoms with E-state index in [4.69, 9.17) is 0 Å². The molecule has 0 aromatic carbocycles. The molecule has 3 rings (SSSR count). The van der Waals surface area contributed by atoms with E-state index >= 15 is 0 Å². The summed E-state index contributed by atoms with van der Waals surface area (Å²) in [5, 5.41) is 3.88. The van der Waals surface area contributed by atoms with Crippen LogP contribution in [-0.2, 0) is 0 Å². The minimum atomic E-state index is 0.816. The van der Waals surface area contributed by atoms with Gasteiger partial charge in [-0.3, -0.25) is 0 Å². The van der Waals surface area contributed by atoms with Gasteiger partial charge in [0.1, 0.15) is 0 Å². The Balaban J connectivity index is 1.51. The highest BCUT2D eigenvalue weighted by Crippen LogP contribution is 2.33. The summed E-state index contributed by atoms with van der Waals surface area (Å²) < 4.78 is 0. The van der Waals surface area contributed by atoms with Gasteiger partial charge in [0.05, 0.1) is 0 Å². The molecule has 0 bridgehead atoms. The quantitative estimate of drug-likeness (QED) is 0.747. The van der Waals surface area contributed by atoms with Gasteiger partial charge in [-0.2, -0.15) is 0 Å². The van der Waals surface area contributed by atoms with Crippen LogP contribution in [-0.4, -0.2) is 36.6 Å². The van der Waals surface area contributed by atoms with Gasteiger partial charge in [0.25, 0.3) is 0 Å². The summed E-state index contributed by atoms with van der Waals surface area (Å²) in [4.78, 5) is 2.66. The number of likely N-dealkylation sites (tertiary alicyclic amines) is 1. The van der Waals surface area contributed by atoms with Gasteiger partial charge >= 0.3 is 0 Å². The molecule has 2 heterocycles. The molecule has 2 heteroatoms. The SMILES string of the molecule is C1CCC2NC(CN3CCCC3)CC2C1. The van der Waals surface area contributed by atoms with E-state index in [1.165, 1.54) is 64.6 Å². The normalized spacial score (nSPS) is 42.0. The van der Waals surface area contributed by atoms with Crippen molar-refractivity contribution >= 4 is 0 Å². The molecule has 3 atom stereocenters. The van der Waals surface area contributed by atoms with E-state index in [1.54, 1.807) is 0 Å². The molecule has 2 aliphatic heterocycles. The van der Waals surface area contributed by atoms with Crippen LogP contribution >= 0.6 is 0 Å². The van der Waals surface area contributed by atoms with Crippen molar-refractivity contribution in [2.45, 2.75) is 57.0 Å². The van der Waals surface area contributed by atoms with Crippen molar-refractivity contribution in [3.8, 4) is 0 Å². The van der Waals surface area contributed by atoms with E-state index in [9.17, 15) is 0 Å². The Kier molecular flexibility index (Phi) is 2.98. The van der Waals surface area contributed by atoms with E-state index in [2.05, 4.69) is 10.2 Å². The van der Waals surface area contributed by atoms with E-state index in [1.807, 2.05) is 0 Å². The van der Waals surface area contributed by atoms with Crippen LogP contribution in [0.1, 0.15) is 44.9 Å². The van der Waals surface area contributed by atoms with E-state index in [-0.39, 0.29) is 0 Å². The van der Waals surface area contributed by atoms with Crippen molar-refractivity contribution in [1.29, 1.82) is 0 Å². The lowest BCUT2D eigenvalue weighted by Crippen LogP contribution is -2.39. The van der Waals surface area contributed by atoms with Crippen LogP contribution in [0.2, 0.25) is 0 Å². The fourth-order valence-electron chi connectivity index (χ4n) is 3.85. The first-order chi connectivity index (χ1) is 7.42. The number of hydrogen-bond donors (Lipinski definition) is 1. The molecule has 3 aliphatic rings. The first-order valence-electron chi connectivity index (χ1n) is 6.90. The molecule has 1 saturated carbocycles. The van der Waals surface area contributed by atoms with Gasteiger partial charge in [0.2, 0.25) is 0 Å². The number of hydrogen-bond acceptors (Lipinski definition) is 2. The highest BCUT2D eigenvalue weighted by atomic mass is 15.2. The summed E-state index contributed by atoms with van der Waals surface area (Å²) >= 11 is 0. The molecule has 3 fully saturated rings. The van der Waals surface area contributed by atoms with Crippen molar-refractivity contribution < 1.29 is 0 Å². The van der Waals surface area contributed by atoms with Gasteiger partial charge in [0, 0.05) is 18.6 Å². The van der Waals surface area contributed by atoms with Crippen molar-refractivity contribution in [3.63, 3.8) is 0 Å². The Morgan fingerprint density at radius 2 is 1.80 bits per heavy atom. The van der Waals surface area contributed by atoms with Crippen LogP contribution in [0.25, 0.3) is 0 Å². The van der Waals surface area contributed by atoms with E-state index < -0.39 is 0 Å². The molecule has 86 valence electrons. The number of nitrogens with zero attached hydrogens (tertiary/aromatic N) is 1. The molecule has 2 nitrogen and oxygen atoms in total. The van der Waals surface area contributed by atoms with Crippen molar-refractivity contribution in [3.05, 3.63) is 0 Å². The number of nitrogens with one attached hydrogen (secondary N) is 1. The molecular formula is C13H24N2. The fraction of sp³-hybridized carbons (Fsp3) is 1.00. The zero-order chi connectivity index (χ0) is 10.1. The highest BCUT2D eigenvalue weighted by Gasteiger charge is 2.35. The van der Waals surface area contributed by atoms with E-state index in [0.29, 0.717) is 0 Å². The molecule has 0 aromatic heterocycles. The Hall–Kier alpha value is -0.0800. The van der Waals surface area contributed by atoms with Crippen LogP contribution in [0.4, 0.5) is 0 Å². The van der Waals surface area contributed by atoms with Gasteiger partial charge in [-0.05, 0) is 51.1 Å². The summed E-state index contributed by atoms with van der Waals surface area (Å²) in [6, 6.07) is 1.70. The molecule has 2 saturated heterocycles. The lowest BCUT2D eigenvalue weighted by molar-refractivity contribution is 0.298. The van der Waals surface area contributed by atoms with Crippen molar-refractivity contribution in [2.24, 2.45) is 5.92 Å². The second-order valence-corrected chi connectivity index (χ2v) is 5.76. The third-order valence-electron chi connectivity index (χ3n) is 4.62. The maximum atomic E-state index is 3.88. The summed E-state index contributed by atoms with van der Waals surface area (Å²) in [6.07, 6.45) is 10.2. The smallest absolute Gasteiger partial charge is 0.0200 e. The summed E-state index contributed by atoms with van der Waals surface area (Å²) in [5.41, 5.74) is 0. The van der Waals surface area contributed by atoms with Gasteiger partial charge in [-0.15, -0.1) is 0 Å². The van der Waals surface area contributed by atoms with Gasteiger partial charge in [-0.1, -0.05) is 12.8 Å². The lowest BCUT2D eigenvalue weighted by Gasteiger charge is -2.24. The first-order valence-corrected chi connectivity index (χ1v) is 6.90. The predicted octanol–water partition coefficient (Wildman–Crippen LogP) is 2.00. The molecular weight excluding hydrogens is 184 g/mol. The van der Waals surface area contributed by atoms with Gasteiger partial charge in [-0.25, -0.2) is 0 Å². The third-order valence-corrected chi connectivity index (χ3v) is 4.62. The monoisotopic (exact) mass is 208 g/mol. The predicted molar refractivity (Wildman–Crippen MR) is 63.0 cm³/mol. The second-order valence-electron chi connectivity index (χ2n) is 5.76. The van der Waals surface area contributed by atoms with Crippen LogP contribution < -0.4 is 5.32 Å². The van der Waals surface area contributed by atoms with Gasteiger partial charge < -0.3 is 10.2 Å².